The smallest absolute Gasteiger partial charge is 0.273 e. The van der Waals surface area contributed by atoms with Crippen molar-refractivity contribution in [3.05, 3.63) is 59.7 Å². The molecule has 2 aromatic rings. The van der Waals surface area contributed by atoms with E-state index in [1.807, 2.05) is 0 Å². The fourth-order valence-corrected chi connectivity index (χ4v) is 4.92. The van der Waals surface area contributed by atoms with Crippen molar-refractivity contribution in [1.82, 2.24) is 0 Å². The Kier molecular flexibility index (Phi) is 5.91. The van der Waals surface area contributed by atoms with E-state index in [0.717, 1.165) is 11.4 Å². The van der Waals surface area contributed by atoms with Gasteiger partial charge in [0.05, 0.1) is 0 Å². The molecule has 0 bridgehead atoms. The Labute approximate surface area is 163 Å². The summed E-state index contributed by atoms with van der Waals surface area (Å²) in [4.78, 5) is 13.3. The topological polar surface area (TPSA) is 20.3 Å². The summed E-state index contributed by atoms with van der Waals surface area (Å²) in [5, 5.41) is 0. The maximum atomic E-state index is 11.7. The van der Waals surface area contributed by atoms with Crippen LogP contribution in [0.15, 0.2) is 48.5 Å². The fourth-order valence-electron chi connectivity index (χ4n) is 4.92. The normalized spacial score (nSPS) is 19.0. The van der Waals surface area contributed by atoms with Crippen molar-refractivity contribution in [3.8, 4) is 0 Å². The highest BCUT2D eigenvalue weighted by Gasteiger charge is 2.18. The molecule has 0 unspecified atom stereocenters. The first-order valence-electron chi connectivity index (χ1n) is 10.7. The zero-order valence-corrected chi connectivity index (χ0v) is 16.2. The molecule has 0 aromatic heterocycles. The molecule has 2 aliphatic carbocycles. The van der Waals surface area contributed by atoms with Gasteiger partial charge >= 0.3 is 6.41 Å². The minimum Gasteiger partial charge on any atom is -0.273 e. The molecule has 2 heteroatoms. The van der Waals surface area contributed by atoms with Crippen LogP contribution >= 0.6 is 0 Å². The summed E-state index contributed by atoms with van der Waals surface area (Å²) >= 11 is 0. The van der Waals surface area contributed by atoms with Crippen molar-refractivity contribution in [1.29, 1.82) is 0 Å². The van der Waals surface area contributed by atoms with Gasteiger partial charge in [-0.2, -0.15) is 0 Å². The first-order valence-corrected chi connectivity index (χ1v) is 10.7. The van der Waals surface area contributed by atoms with Crippen LogP contribution in [-0.4, -0.2) is 6.41 Å². The van der Waals surface area contributed by atoms with Crippen molar-refractivity contribution in [2.45, 2.75) is 76.0 Å². The minimum absolute atomic E-state index is 0.691. The van der Waals surface area contributed by atoms with Gasteiger partial charge in [0.2, 0.25) is 0 Å². The van der Waals surface area contributed by atoms with Gasteiger partial charge < -0.3 is 0 Å². The Morgan fingerprint density at radius 2 is 0.963 bits per heavy atom. The van der Waals surface area contributed by atoms with Crippen LogP contribution in [0.4, 0.5) is 11.4 Å². The summed E-state index contributed by atoms with van der Waals surface area (Å²) in [5.74, 6) is 1.38. The fraction of sp³-hybridized carbons (Fsp3) is 0.480. The average Bonchev–Trinajstić information content (AvgIpc) is 2.76. The van der Waals surface area contributed by atoms with Gasteiger partial charge in [-0.3, -0.25) is 9.69 Å². The Hall–Kier alpha value is -2.09. The van der Waals surface area contributed by atoms with Crippen LogP contribution in [-0.2, 0) is 4.79 Å². The zero-order chi connectivity index (χ0) is 18.5. The van der Waals surface area contributed by atoms with Crippen molar-refractivity contribution in [3.63, 3.8) is 0 Å². The van der Waals surface area contributed by atoms with Crippen molar-refractivity contribution in [2.24, 2.45) is 0 Å². The molecule has 0 N–H and O–H groups in total. The van der Waals surface area contributed by atoms with E-state index in [0.29, 0.717) is 11.8 Å². The summed E-state index contributed by atoms with van der Waals surface area (Å²) in [6.07, 6.45) is 15.4. The summed E-state index contributed by atoms with van der Waals surface area (Å²) in [6.45, 7) is 0. The minimum atomic E-state index is 0.691. The third-order valence-corrected chi connectivity index (χ3v) is 6.55. The molecule has 1 amide bonds. The number of nitrogens with zero attached hydrogens (tertiary/aromatic N) is 1. The highest BCUT2D eigenvalue weighted by atomic mass is 16.1. The van der Waals surface area contributed by atoms with E-state index in [4.69, 9.17) is 0 Å². The maximum Gasteiger partial charge on any atom is 0.321 e. The van der Waals surface area contributed by atoms with Gasteiger partial charge in [-0.1, -0.05) is 62.8 Å². The summed E-state index contributed by atoms with van der Waals surface area (Å²) in [7, 11) is 0. The first-order chi connectivity index (χ1) is 13.3. The lowest BCUT2D eigenvalue weighted by Gasteiger charge is -2.24. The number of amides is 1. The van der Waals surface area contributed by atoms with Crippen molar-refractivity contribution >= 4 is 17.8 Å². The number of hydrogen-bond donors (Lipinski definition) is 0. The number of anilines is 2. The van der Waals surface area contributed by atoms with E-state index >= 15 is 0 Å². The molecule has 0 heterocycles. The SMILES string of the molecule is O=[C]N(c1ccc(C2CCCCC2)cc1)c1ccc(C2CCCCC2)cc1. The lowest BCUT2D eigenvalue weighted by atomic mass is 9.84. The Balaban J connectivity index is 1.48. The highest BCUT2D eigenvalue weighted by molar-refractivity contribution is 5.86. The molecule has 2 nitrogen and oxygen atoms in total. The molecule has 0 atom stereocenters. The van der Waals surface area contributed by atoms with Gasteiger partial charge in [0, 0.05) is 11.4 Å². The van der Waals surface area contributed by atoms with Gasteiger partial charge in [-0.25, -0.2) is 0 Å². The second kappa shape index (κ2) is 8.73. The van der Waals surface area contributed by atoms with Crippen LogP contribution in [0.3, 0.4) is 0 Å². The van der Waals surface area contributed by atoms with E-state index in [1.165, 1.54) is 75.3 Å². The Morgan fingerprint density at radius 1 is 0.593 bits per heavy atom. The van der Waals surface area contributed by atoms with E-state index in [1.54, 1.807) is 4.90 Å². The molecule has 0 spiro atoms. The molecule has 0 saturated heterocycles. The van der Waals surface area contributed by atoms with Gasteiger partial charge in [0.25, 0.3) is 0 Å². The Morgan fingerprint density at radius 3 is 1.30 bits per heavy atom. The molecule has 4 rings (SSSR count). The monoisotopic (exact) mass is 360 g/mol. The molecule has 2 fully saturated rings. The lowest BCUT2D eigenvalue weighted by Crippen LogP contribution is -2.14. The molecule has 1 radical (unpaired) electrons. The predicted molar refractivity (Wildman–Crippen MR) is 112 cm³/mol. The van der Waals surface area contributed by atoms with E-state index in [2.05, 4.69) is 54.9 Å². The molecule has 2 aromatic carbocycles. The van der Waals surface area contributed by atoms with Crippen molar-refractivity contribution in [2.75, 3.05) is 4.90 Å². The molecular formula is C25H30NO. The number of benzene rings is 2. The van der Waals surface area contributed by atoms with E-state index in [9.17, 15) is 4.79 Å². The largest absolute Gasteiger partial charge is 0.321 e. The molecule has 2 aliphatic rings. The molecular weight excluding hydrogens is 330 g/mol. The molecule has 141 valence electrons. The second-order valence-electron chi connectivity index (χ2n) is 8.28. The summed E-state index contributed by atoms with van der Waals surface area (Å²) in [6, 6.07) is 17.1. The third kappa shape index (κ3) is 4.26. The zero-order valence-electron chi connectivity index (χ0n) is 16.2. The van der Waals surface area contributed by atoms with Crippen LogP contribution in [0.2, 0.25) is 0 Å². The van der Waals surface area contributed by atoms with Crippen LogP contribution in [0.5, 0.6) is 0 Å². The Bertz CT molecular complexity index is 660. The average molecular weight is 361 g/mol. The highest BCUT2D eigenvalue weighted by Crippen LogP contribution is 2.36. The maximum absolute atomic E-state index is 11.7. The van der Waals surface area contributed by atoms with Crippen LogP contribution in [0, 0.1) is 0 Å². The lowest BCUT2D eigenvalue weighted by molar-refractivity contribution is 0.443. The van der Waals surface area contributed by atoms with Gasteiger partial charge in [0.15, 0.2) is 0 Å². The third-order valence-electron chi connectivity index (χ3n) is 6.55. The van der Waals surface area contributed by atoms with Crippen LogP contribution < -0.4 is 4.90 Å². The number of carbonyl (C=O) groups excluding carboxylic acids is 1. The predicted octanol–water partition coefficient (Wildman–Crippen LogP) is 6.99. The van der Waals surface area contributed by atoms with Crippen LogP contribution in [0.25, 0.3) is 0 Å². The number of hydrogen-bond acceptors (Lipinski definition) is 1. The number of rotatable bonds is 5. The van der Waals surface area contributed by atoms with Gasteiger partial charge in [-0.05, 0) is 72.9 Å². The van der Waals surface area contributed by atoms with Crippen LogP contribution in [0.1, 0.15) is 87.2 Å². The molecule has 27 heavy (non-hydrogen) atoms. The second-order valence-corrected chi connectivity index (χ2v) is 8.28. The first kappa shape index (κ1) is 18.3. The molecule has 2 saturated carbocycles. The summed E-state index contributed by atoms with van der Waals surface area (Å²) in [5.41, 5.74) is 4.62. The van der Waals surface area contributed by atoms with E-state index < -0.39 is 0 Å². The standard InChI is InChI=1S/C25H30NO/c27-19-26(24-15-11-22(12-16-24)20-7-3-1-4-8-20)25-17-13-23(14-18-25)21-9-5-2-6-10-21/h11-18,20-21H,1-10H2. The van der Waals surface area contributed by atoms with Gasteiger partial charge in [-0.15, -0.1) is 0 Å². The summed E-state index contributed by atoms with van der Waals surface area (Å²) < 4.78 is 0. The van der Waals surface area contributed by atoms with E-state index in [-0.39, 0.29) is 0 Å². The molecule has 0 aliphatic heterocycles. The van der Waals surface area contributed by atoms with Gasteiger partial charge in [0.1, 0.15) is 0 Å². The van der Waals surface area contributed by atoms with Crippen molar-refractivity contribution < 1.29 is 4.79 Å². The quantitative estimate of drug-likeness (QED) is 0.526.